The minimum Gasteiger partial charge on any atom is -0.343 e. The van der Waals surface area contributed by atoms with Gasteiger partial charge in [0.1, 0.15) is 5.69 Å². The number of thiazole rings is 1. The first-order valence-corrected chi connectivity index (χ1v) is 14.4. The molecule has 11 heteroatoms. The normalized spacial score (nSPS) is 17.1. The quantitative estimate of drug-likeness (QED) is 0.545. The first-order valence-electron chi connectivity index (χ1n) is 11.5. The number of piperidine rings is 1. The molecule has 3 heterocycles. The van der Waals surface area contributed by atoms with Gasteiger partial charge in [0.25, 0.3) is 5.91 Å². The maximum atomic E-state index is 12.9. The van der Waals surface area contributed by atoms with E-state index in [4.69, 9.17) is 17.0 Å². The molecule has 8 nitrogen and oxygen atoms in total. The molecule has 2 aliphatic heterocycles. The summed E-state index contributed by atoms with van der Waals surface area (Å²) in [6.45, 7) is 2.17. The van der Waals surface area contributed by atoms with Crippen LogP contribution in [0.5, 0.6) is 0 Å². The average Bonchev–Trinajstić information content (AvgIpc) is 3.24. The molecule has 0 bridgehead atoms. The third-order valence-corrected chi connectivity index (χ3v) is 9.57. The van der Waals surface area contributed by atoms with Crippen LogP contribution in [0.3, 0.4) is 0 Å². The lowest BCUT2D eigenvalue weighted by molar-refractivity contribution is -0.132. The van der Waals surface area contributed by atoms with Gasteiger partial charge in [-0.2, -0.15) is 0 Å². The van der Waals surface area contributed by atoms with Gasteiger partial charge >= 0.3 is 0 Å². The summed E-state index contributed by atoms with van der Waals surface area (Å²) >= 11 is 7.26. The number of hydrogen-bond acceptors (Lipinski definition) is 6. The van der Waals surface area contributed by atoms with Crippen molar-refractivity contribution >= 4 is 55.4 Å². The maximum Gasteiger partial charge on any atom is 0.271 e. The molecule has 0 aliphatic carbocycles. The third-order valence-electron chi connectivity index (χ3n) is 6.84. The van der Waals surface area contributed by atoms with Gasteiger partial charge < -0.3 is 14.4 Å². The van der Waals surface area contributed by atoms with Gasteiger partial charge in [0, 0.05) is 49.0 Å². The fraction of sp³-hybridized carbons (Fsp3) is 0.375. The average molecular weight is 533 g/mol. The van der Waals surface area contributed by atoms with Crippen molar-refractivity contribution in [2.24, 2.45) is 0 Å². The summed E-state index contributed by atoms with van der Waals surface area (Å²) in [5, 5.41) is 11.9. The van der Waals surface area contributed by atoms with E-state index in [-0.39, 0.29) is 34.9 Å². The lowest BCUT2D eigenvalue weighted by atomic mass is 10.0. The van der Waals surface area contributed by atoms with Crippen molar-refractivity contribution in [2.45, 2.75) is 36.7 Å². The van der Waals surface area contributed by atoms with Crippen LogP contribution < -0.4 is 4.80 Å². The van der Waals surface area contributed by atoms with E-state index in [1.54, 1.807) is 51.2 Å². The lowest BCUT2D eigenvalue weighted by Gasteiger charge is -2.40. The number of carbonyl (C=O) groups excluding carboxylic acids is 2. The highest BCUT2D eigenvalue weighted by atomic mass is 35.5. The maximum absolute atomic E-state index is 12.9. The Balaban J connectivity index is 1.17. The van der Waals surface area contributed by atoms with E-state index in [0.717, 1.165) is 10.8 Å². The minimum absolute atomic E-state index is 0.0456. The van der Waals surface area contributed by atoms with Gasteiger partial charge in [-0.05, 0) is 47.9 Å². The molecule has 0 atom stereocenters. The molecule has 2 aliphatic rings. The van der Waals surface area contributed by atoms with Gasteiger partial charge in [-0.15, -0.1) is 11.3 Å². The molecule has 2 amide bonds. The van der Waals surface area contributed by atoms with E-state index in [2.05, 4.69) is 0 Å². The number of nitrogens with zero attached hydrogens (tertiary/aromatic N) is 3. The number of nitrogens with one attached hydrogen (secondary N) is 1. The molecular formula is C24H25ClN4O4S2. The van der Waals surface area contributed by atoms with Gasteiger partial charge in [-0.3, -0.25) is 15.0 Å². The van der Waals surface area contributed by atoms with Crippen LogP contribution in [-0.2, 0) is 21.2 Å². The zero-order valence-corrected chi connectivity index (χ0v) is 21.3. The zero-order valence-electron chi connectivity index (χ0n) is 18.9. The van der Waals surface area contributed by atoms with Crippen LogP contribution in [0.25, 0.3) is 10.8 Å². The molecule has 0 spiro atoms. The predicted octanol–water partition coefficient (Wildman–Crippen LogP) is 3.15. The highest BCUT2D eigenvalue weighted by Crippen LogP contribution is 2.25. The number of amides is 2. The molecule has 1 N–H and O–H groups in total. The molecule has 184 valence electrons. The molecule has 0 unspecified atom stereocenters. The zero-order chi connectivity index (χ0) is 24.7. The Morgan fingerprint density at radius 3 is 2.54 bits per heavy atom. The topological polar surface area (TPSA) is 104 Å². The van der Waals surface area contributed by atoms with Gasteiger partial charge in [0.2, 0.25) is 5.91 Å². The molecule has 1 fully saturated rings. The minimum atomic E-state index is -3.61. The molecule has 2 aromatic carbocycles. The van der Waals surface area contributed by atoms with E-state index in [9.17, 15) is 18.0 Å². The van der Waals surface area contributed by atoms with Crippen molar-refractivity contribution < 1.29 is 18.0 Å². The van der Waals surface area contributed by atoms with Crippen LogP contribution in [0.15, 0.2) is 46.7 Å². The number of fused-ring (bicyclic) bond motifs is 2. The Morgan fingerprint density at radius 2 is 1.77 bits per heavy atom. The third kappa shape index (κ3) is 4.74. The Morgan fingerprint density at radius 1 is 1.06 bits per heavy atom. The van der Waals surface area contributed by atoms with Crippen molar-refractivity contribution in [3.05, 3.63) is 57.3 Å². The van der Waals surface area contributed by atoms with Crippen molar-refractivity contribution in [3.8, 4) is 0 Å². The molecule has 1 aromatic heterocycles. The standard InChI is InChI=1S/C24H25ClN4O4S2/c25-18-3-1-17-14-20(4-2-16(17)13-18)35(32,33)12-7-22(30)27-8-5-19(6-9-27)28-10-11-29-21(23(28)31)15-34-24(29)26/h1-4,13-15,19,26H,5-12H2. The van der Waals surface area contributed by atoms with Crippen LogP contribution in [0, 0.1) is 5.41 Å². The van der Waals surface area contributed by atoms with E-state index >= 15 is 0 Å². The molecule has 5 rings (SSSR count). The first kappa shape index (κ1) is 24.0. The Labute approximate surface area is 212 Å². The van der Waals surface area contributed by atoms with Crippen LogP contribution in [-0.4, -0.2) is 66.0 Å². The molecular weight excluding hydrogens is 508 g/mol. The Kier molecular flexibility index (Phi) is 6.45. The van der Waals surface area contributed by atoms with Crippen molar-refractivity contribution in [3.63, 3.8) is 0 Å². The van der Waals surface area contributed by atoms with Gasteiger partial charge in [-0.1, -0.05) is 23.7 Å². The second kappa shape index (κ2) is 9.40. The van der Waals surface area contributed by atoms with E-state index in [1.165, 1.54) is 11.3 Å². The molecule has 1 saturated heterocycles. The summed E-state index contributed by atoms with van der Waals surface area (Å²) in [5.74, 6) is -0.484. The van der Waals surface area contributed by atoms with Crippen LogP contribution in [0.1, 0.15) is 29.8 Å². The summed E-state index contributed by atoms with van der Waals surface area (Å²) in [7, 11) is -3.61. The summed E-state index contributed by atoms with van der Waals surface area (Å²) < 4.78 is 27.5. The fourth-order valence-electron chi connectivity index (χ4n) is 4.85. The summed E-state index contributed by atoms with van der Waals surface area (Å²) in [4.78, 5) is 29.8. The summed E-state index contributed by atoms with van der Waals surface area (Å²) in [6.07, 6.45) is 1.25. The Bertz CT molecular complexity index is 1470. The highest BCUT2D eigenvalue weighted by Gasteiger charge is 2.34. The number of carbonyl (C=O) groups is 2. The summed E-state index contributed by atoms with van der Waals surface area (Å²) in [6, 6.07) is 10.2. The van der Waals surface area contributed by atoms with E-state index < -0.39 is 9.84 Å². The molecule has 0 saturated carbocycles. The van der Waals surface area contributed by atoms with Crippen molar-refractivity contribution in [2.75, 3.05) is 25.4 Å². The fourth-order valence-corrected chi connectivity index (χ4v) is 7.06. The monoisotopic (exact) mass is 532 g/mol. The Hall–Kier alpha value is -2.69. The number of hydrogen-bond donors (Lipinski definition) is 1. The van der Waals surface area contributed by atoms with Crippen LogP contribution >= 0.6 is 22.9 Å². The largest absolute Gasteiger partial charge is 0.343 e. The van der Waals surface area contributed by atoms with Crippen LogP contribution in [0.2, 0.25) is 5.02 Å². The number of sulfone groups is 1. The lowest BCUT2D eigenvalue weighted by Crippen LogP contribution is -2.52. The van der Waals surface area contributed by atoms with Crippen molar-refractivity contribution in [1.82, 2.24) is 14.4 Å². The highest BCUT2D eigenvalue weighted by molar-refractivity contribution is 7.91. The second-order valence-corrected chi connectivity index (χ2v) is 12.3. The second-order valence-electron chi connectivity index (χ2n) is 8.91. The van der Waals surface area contributed by atoms with Gasteiger partial charge in [0.05, 0.1) is 10.6 Å². The summed E-state index contributed by atoms with van der Waals surface area (Å²) in [5.41, 5.74) is 0.562. The smallest absolute Gasteiger partial charge is 0.271 e. The number of rotatable bonds is 5. The van der Waals surface area contributed by atoms with Crippen molar-refractivity contribution in [1.29, 1.82) is 5.41 Å². The number of aromatic nitrogens is 1. The van der Waals surface area contributed by atoms with E-state index in [1.807, 2.05) is 4.90 Å². The molecule has 35 heavy (non-hydrogen) atoms. The first-order chi connectivity index (χ1) is 16.7. The van der Waals surface area contributed by atoms with E-state index in [0.29, 0.717) is 54.5 Å². The SMILES string of the molecule is N=c1scc2n1CCN(C1CCN(C(=O)CCS(=O)(=O)c3ccc4cc(Cl)ccc4c3)CC1)C2=O. The predicted molar refractivity (Wildman–Crippen MR) is 134 cm³/mol. The van der Waals surface area contributed by atoms with Gasteiger partial charge in [-0.25, -0.2) is 8.42 Å². The van der Waals surface area contributed by atoms with Gasteiger partial charge in [0.15, 0.2) is 14.6 Å². The molecule has 0 radical (unpaired) electrons. The number of halogens is 1. The molecule has 3 aromatic rings. The number of likely N-dealkylation sites (tertiary alicyclic amines) is 1. The van der Waals surface area contributed by atoms with Crippen LogP contribution in [0.4, 0.5) is 0 Å². The number of benzene rings is 2.